The molecule has 90 heavy (non-hydrogen) atoms. The molecule has 8 heteroatoms. The molecule has 8 nitrogen and oxygen atoms in total. The van der Waals surface area contributed by atoms with Crippen LogP contribution in [-0.2, 0) is 41.3 Å². The summed E-state index contributed by atoms with van der Waals surface area (Å²) in [5.41, 5.74) is 2.94. The third kappa shape index (κ3) is 12.4. The quantitative estimate of drug-likeness (QED) is 0.0213. The maximum atomic E-state index is 6.95. The fourth-order valence-corrected chi connectivity index (χ4v) is 15.9. The van der Waals surface area contributed by atoms with E-state index in [-0.39, 0.29) is 12.2 Å². The Kier molecular flexibility index (Phi) is 20.4. The third-order valence-electron chi connectivity index (χ3n) is 20.2. The van der Waals surface area contributed by atoms with Crippen LogP contribution in [0.1, 0.15) is 167 Å². The molecule has 474 valence electrons. The van der Waals surface area contributed by atoms with Gasteiger partial charge in [-0.3, -0.25) is 0 Å². The summed E-state index contributed by atoms with van der Waals surface area (Å²) in [6.07, 6.45) is 28.6. The molecule has 2 atom stereocenters. The van der Waals surface area contributed by atoms with Crippen molar-refractivity contribution in [2.45, 2.75) is 181 Å². The first-order valence-corrected chi connectivity index (χ1v) is 35.3. The maximum absolute atomic E-state index is 6.95. The molecule has 13 aromatic rings. The smallest absolute Gasteiger partial charge is 0.120 e. The zero-order valence-electron chi connectivity index (χ0n) is 55.1. The summed E-state index contributed by atoms with van der Waals surface area (Å²) >= 11 is 0. The van der Waals surface area contributed by atoms with E-state index in [1.807, 2.05) is 0 Å². The predicted octanol–water partition coefficient (Wildman–Crippen LogP) is 22.0. The third-order valence-corrected chi connectivity index (χ3v) is 20.2. The summed E-state index contributed by atoms with van der Waals surface area (Å²) in [5, 5.41) is 32.3. The number of hydrogen-bond acceptors (Lipinski definition) is 8. The van der Waals surface area contributed by atoms with E-state index in [4.69, 9.17) is 37.9 Å². The number of aryl methyl sites for hydroxylation is 2. The topological polar surface area (TPSA) is 73.8 Å². The fourth-order valence-electron chi connectivity index (χ4n) is 15.9. The van der Waals surface area contributed by atoms with Gasteiger partial charge in [0.15, 0.2) is 0 Å². The Hall–Kier alpha value is -6.10. The molecule has 0 bridgehead atoms. The molecule has 0 N–H and O–H groups in total. The van der Waals surface area contributed by atoms with E-state index in [2.05, 4.69) is 113 Å². The predicted molar refractivity (Wildman–Crippen MR) is 382 cm³/mol. The average Bonchev–Trinajstić information content (AvgIpc) is 0.646. The van der Waals surface area contributed by atoms with E-state index >= 15 is 0 Å². The lowest BCUT2D eigenvalue weighted by atomic mass is 9.73. The monoisotopic (exact) mass is 1210 g/mol. The van der Waals surface area contributed by atoms with Gasteiger partial charge in [-0.2, -0.15) is 0 Å². The van der Waals surface area contributed by atoms with Crippen LogP contribution < -0.4 is 9.47 Å². The Bertz CT molecular complexity index is 4110. The summed E-state index contributed by atoms with van der Waals surface area (Å²) < 4.78 is 48.3. The first kappa shape index (κ1) is 62.7. The molecule has 0 heterocycles. The number of rotatable bonds is 42. The molecule has 0 amide bonds. The maximum Gasteiger partial charge on any atom is 0.120 e. The van der Waals surface area contributed by atoms with Crippen molar-refractivity contribution in [3.05, 3.63) is 96.1 Å². The Morgan fingerprint density at radius 3 is 0.878 bits per heavy atom. The van der Waals surface area contributed by atoms with Crippen LogP contribution in [0.5, 0.6) is 11.5 Å². The van der Waals surface area contributed by atoms with Gasteiger partial charge in [0, 0.05) is 14.2 Å². The molecule has 0 fully saturated rings. The summed E-state index contributed by atoms with van der Waals surface area (Å²) in [4.78, 5) is 0. The van der Waals surface area contributed by atoms with Crippen LogP contribution in [0.2, 0.25) is 0 Å². The van der Waals surface area contributed by atoms with Gasteiger partial charge in [0.25, 0.3) is 0 Å². The van der Waals surface area contributed by atoms with Gasteiger partial charge in [0.1, 0.15) is 24.7 Å². The Labute approximate surface area is 533 Å². The fraction of sp³-hybridized carbons (Fsp3) is 0.488. The summed E-state index contributed by atoms with van der Waals surface area (Å²) in [6, 6.07) is 34.3. The number of fused-ring (bicyclic) bond motifs is 6. The number of unbranched alkanes of at least 4 members (excludes halogenated alkanes) is 18. The van der Waals surface area contributed by atoms with Crippen LogP contribution in [0.25, 0.3) is 129 Å². The van der Waals surface area contributed by atoms with E-state index in [1.165, 1.54) is 269 Å². The lowest BCUT2D eigenvalue weighted by Gasteiger charge is -2.30. The highest BCUT2D eigenvalue weighted by Gasteiger charge is 2.32. The molecular weight excluding hydrogens is 1110 g/mol. The molecule has 0 radical (unpaired) electrons. The number of hydrogen-bond donors (Lipinski definition) is 0. The second-order valence-corrected chi connectivity index (χ2v) is 26.7. The highest BCUT2D eigenvalue weighted by atomic mass is 16.6. The lowest BCUT2D eigenvalue weighted by molar-refractivity contribution is -0.0144. The Morgan fingerprint density at radius 2 is 0.556 bits per heavy atom. The Morgan fingerprint density at radius 1 is 0.289 bits per heavy atom. The van der Waals surface area contributed by atoms with Gasteiger partial charge in [-0.15, -0.1) is 0 Å². The van der Waals surface area contributed by atoms with Crippen molar-refractivity contribution in [1.29, 1.82) is 0 Å². The molecule has 13 aromatic carbocycles. The summed E-state index contributed by atoms with van der Waals surface area (Å²) in [5.74, 6) is 1.66. The highest BCUT2D eigenvalue weighted by molar-refractivity contribution is 6.61. The minimum absolute atomic E-state index is 0.153. The number of methoxy groups -OCH3 is 2. The SMILES string of the molecule is CCCCCCCCCCCCc1cc2c3cccc4c5cc(OC[C@H](C)OCCOCCOC)cc6c7cc(OC[C@H](C)OCCOCCOC)cc8c9cccc%10c%11cc(CCCCCCCCCCCC)cc%12c(c1)c2c1c(c34)c(c56)c(c87)c(c%109)c1c%11%12. The van der Waals surface area contributed by atoms with Crippen molar-refractivity contribution in [1.82, 2.24) is 0 Å². The number of ether oxygens (including phenoxy) is 8. The van der Waals surface area contributed by atoms with Gasteiger partial charge in [-0.05, 0) is 204 Å². The zero-order chi connectivity index (χ0) is 61.5. The van der Waals surface area contributed by atoms with Crippen LogP contribution in [0.3, 0.4) is 0 Å². The van der Waals surface area contributed by atoms with Gasteiger partial charge >= 0.3 is 0 Å². The summed E-state index contributed by atoms with van der Waals surface area (Å²) in [6.45, 7) is 13.8. The van der Waals surface area contributed by atoms with Crippen LogP contribution in [0.4, 0.5) is 0 Å². The Balaban J connectivity index is 0.997. The molecule has 0 saturated heterocycles. The van der Waals surface area contributed by atoms with Gasteiger partial charge in [-0.25, -0.2) is 0 Å². The molecule has 0 aromatic heterocycles. The van der Waals surface area contributed by atoms with Crippen LogP contribution in [0.15, 0.2) is 84.9 Å². The first-order valence-electron chi connectivity index (χ1n) is 35.3. The average molecular weight is 1210 g/mol. The van der Waals surface area contributed by atoms with Crippen LogP contribution >= 0.6 is 0 Å². The molecule has 13 rings (SSSR count). The standard InChI is InChI=1S/C82H98O8/c1-7-9-11-13-15-17-19-21-23-25-29-55-43-63-59-31-27-33-61-67-47-57(89-51-53(3)87-41-39-85-37-35-83-5)49-69-70-50-58(90-52-54(4)88-42-40-86-38-36-84-6)48-68-62-34-28-32-60-64-44-56(30-26-24-22-20-18-16-14-12-10-8-2)46-66-65(45-55)73(63)79-77(71(59)61)81(75(67)69)82(76(68)70)78(72(60)62)80(79)74(64)66/h27-28,31-34,43-50,53-54H,7-26,29-30,35-42,51-52H2,1-6H3/t53-,54-/m0/s1. The second-order valence-electron chi connectivity index (χ2n) is 26.7. The molecule has 0 saturated carbocycles. The molecule has 0 aliphatic rings. The molecule has 0 unspecified atom stereocenters. The minimum Gasteiger partial charge on any atom is -0.491 e. The van der Waals surface area contributed by atoms with E-state index < -0.39 is 0 Å². The number of benzene rings is 13. The lowest BCUT2D eigenvalue weighted by Crippen LogP contribution is -2.21. The van der Waals surface area contributed by atoms with E-state index in [9.17, 15) is 0 Å². The molecule has 0 aliphatic carbocycles. The van der Waals surface area contributed by atoms with Crippen molar-refractivity contribution in [3.8, 4) is 11.5 Å². The van der Waals surface area contributed by atoms with Crippen molar-refractivity contribution in [2.24, 2.45) is 0 Å². The minimum atomic E-state index is -0.153. The first-order chi connectivity index (χ1) is 44.4. The second kappa shape index (κ2) is 29.2. The summed E-state index contributed by atoms with van der Waals surface area (Å²) in [7, 11) is 3.39. The van der Waals surface area contributed by atoms with Crippen molar-refractivity contribution in [3.63, 3.8) is 0 Å². The zero-order valence-corrected chi connectivity index (χ0v) is 55.1. The van der Waals surface area contributed by atoms with Gasteiger partial charge in [0.2, 0.25) is 0 Å². The molecule has 0 spiro atoms. The van der Waals surface area contributed by atoms with E-state index in [0.29, 0.717) is 66.1 Å². The largest absolute Gasteiger partial charge is 0.491 e. The van der Waals surface area contributed by atoms with E-state index in [0.717, 1.165) is 24.3 Å². The van der Waals surface area contributed by atoms with Gasteiger partial charge in [0.05, 0.1) is 65.1 Å². The van der Waals surface area contributed by atoms with Crippen molar-refractivity contribution in [2.75, 3.05) is 80.3 Å². The van der Waals surface area contributed by atoms with E-state index in [1.54, 1.807) is 14.2 Å². The van der Waals surface area contributed by atoms with Gasteiger partial charge in [-0.1, -0.05) is 190 Å². The van der Waals surface area contributed by atoms with Crippen LogP contribution in [0, 0.1) is 0 Å². The van der Waals surface area contributed by atoms with Crippen molar-refractivity contribution < 1.29 is 37.9 Å². The normalized spacial score (nSPS) is 13.5. The molecule has 0 aliphatic heterocycles. The highest BCUT2D eigenvalue weighted by Crippen LogP contribution is 2.61. The van der Waals surface area contributed by atoms with Gasteiger partial charge < -0.3 is 37.9 Å². The van der Waals surface area contributed by atoms with Crippen LogP contribution in [-0.4, -0.2) is 92.5 Å². The van der Waals surface area contributed by atoms with Crippen molar-refractivity contribution >= 4 is 129 Å². The molecular formula is C82H98O8.